The molecule has 0 unspecified atom stereocenters. The van der Waals surface area contributed by atoms with Gasteiger partial charge in [0.1, 0.15) is 11.5 Å². The average molecular weight is 445 g/mol. The molecule has 0 fully saturated rings. The van der Waals surface area contributed by atoms with Gasteiger partial charge >= 0.3 is 5.97 Å². The van der Waals surface area contributed by atoms with Crippen molar-refractivity contribution in [3.63, 3.8) is 0 Å². The highest BCUT2D eigenvalue weighted by Gasteiger charge is 2.09. The molecule has 3 heteroatoms. The monoisotopic (exact) mass is 444 g/mol. The zero-order valence-electron chi connectivity index (χ0n) is 20.0. The third-order valence-corrected chi connectivity index (χ3v) is 5.75. The maximum Gasteiger partial charge on any atom is 0.343 e. The smallest absolute Gasteiger partial charge is 0.343 e. The fourth-order valence-corrected chi connectivity index (χ4v) is 3.79. The lowest BCUT2D eigenvalue weighted by Gasteiger charge is -2.09. The van der Waals surface area contributed by atoms with Gasteiger partial charge in [-0.25, -0.2) is 4.79 Å². The molecule has 0 aliphatic carbocycles. The van der Waals surface area contributed by atoms with Crippen LogP contribution in [0.2, 0.25) is 0 Å². The first kappa shape index (κ1) is 24.6. The van der Waals surface area contributed by atoms with Crippen LogP contribution in [0.4, 0.5) is 0 Å². The Bertz CT molecular complexity index is 957. The second kappa shape index (κ2) is 13.5. The van der Waals surface area contributed by atoms with E-state index in [1.807, 2.05) is 60.7 Å². The summed E-state index contributed by atoms with van der Waals surface area (Å²) in [7, 11) is 0. The summed E-state index contributed by atoms with van der Waals surface area (Å²) in [5.74, 6) is 1.13. The molecule has 33 heavy (non-hydrogen) atoms. The van der Waals surface area contributed by atoms with Crippen molar-refractivity contribution in [1.29, 1.82) is 0 Å². The van der Waals surface area contributed by atoms with Crippen LogP contribution in [0.1, 0.15) is 74.7 Å². The van der Waals surface area contributed by atoms with Crippen LogP contribution in [-0.4, -0.2) is 12.6 Å². The van der Waals surface area contributed by atoms with Crippen molar-refractivity contribution < 1.29 is 14.3 Å². The maximum absolute atomic E-state index is 12.5. The SMILES string of the molecule is CCCCCCCCOc1ccc(-c2ccc(C(=O)Oc3ccc(CCC)cc3)cc2)cc1. The first-order chi connectivity index (χ1) is 16.2. The second-order valence-corrected chi connectivity index (χ2v) is 8.50. The Hall–Kier alpha value is -3.07. The summed E-state index contributed by atoms with van der Waals surface area (Å²) in [5.41, 5.74) is 3.93. The van der Waals surface area contributed by atoms with E-state index in [1.54, 1.807) is 0 Å². The molecular formula is C30H36O3. The lowest BCUT2D eigenvalue weighted by molar-refractivity contribution is 0.0734. The fourth-order valence-electron chi connectivity index (χ4n) is 3.79. The third kappa shape index (κ3) is 8.09. The lowest BCUT2D eigenvalue weighted by atomic mass is 10.0. The Morgan fingerprint density at radius 1 is 0.636 bits per heavy atom. The molecule has 3 aromatic rings. The van der Waals surface area contributed by atoms with Gasteiger partial charge in [0, 0.05) is 0 Å². The molecule has 0 aliphatic rings. The second-order valence-electron chi connectivity index (χ2n) is 8.50. The van der Waals surface area contributed by atoms with Crippen LogP contribution in [0, 0.1) is 0 Å². The highest BCUT2D eigenvalue weighted by molar-refractivity contribution is 5.91. The molecule has 0 heterocycles. The van der Waals surface area contributed by atoms with E-state index in [9.17, 15) is 4.79 Å². The van der Waals surface area contributed by atoms with Gasteiger partial charge in [-0.1, -0.05) is 88.8 Å². The molecule has 174 valence electrons. The highest BCUT2D eigenvalue weighted by atomic mass is 16.5. The molecule has 0 radical (unpaired) electrons. The summed E-state index contributed by atoms with van der Waals surface area (Å²) in [6.07, 6.45) is 9.70. The first-order valence-corrected chi connectivity index (χ1v) is 12.3. The summed E-state index contributed by atoms with van der Waals surface area (Å²) in [6.45, 7) is 5.16. The number of carbonyl (C=O) groups is 1. The van der Waals surface area contributed by atoms with Crippen LogP contribution in [0.5, 0.6) is 11.5 Å². The molecular weight excluding hydrogens is 408 g/mol. The number of benzene rings is 3. The molecule has 0 saturated carbocycles. The zero-order chi connectivity index (χ0) is 23.3. The van der Waals surface area contributed by atoms with Gasteiger partial charge in [0.25, 0.3) is 0 Å². The van der Waals surface area contributed by atoms with Gasteiger partial charge in [0.15, 0.2) is 0 Å². The van der Waals surface area contributed by atoms with Gasteiger partial charge in [0.05, 0.1) is 12.2 Å². The van der Waals surface area contributed by atoms with E-state index in [0.717, 1.165) is 42.7 Å². The normalized spacial score (nSPS) is 10.7. The Balaban J connectivity index is 1.48. The number of aryl methyl sites for hydroxylation is 1. The van der Waals surface area contributed by atoms with E-state index in [0.29, 0.717) is 11.3 Å². The van der Waals surface area contributed by atoms with E-state index >= 15 is 0 Å². The molecule has 3 rings (SSSR count). The van der Waals surface area contributed by atoms with Crippen LogP contribution in [0.25, 0.3) is 11.1 Å². The zero-order valence-corrected chi connectivity index (χ0v) is 20.0. The predicted molar refractivity (Wildman–Crippen MR) is 136 cm³/mol. The maximum atomic E-state index is 12.5. The molecule has 0 aromatic heterocycles. The number of hydrogen-bond acceptors (Lipinski definition) is 3. The Morgan fingerprint density at radius 2 is 1.21 bits per heavy atom. The van der Waals surface area contributed by atoms with E-state index < -0.39 is 0 Å². The van der Waals surface area contributed by atoms with E-state index in [1.165, 1.54) is 37.7 Å². The minimum absolute atomic E-state index is 0.344. The Kier molecular flexibility index (Phi) is 10.0. The van der Waals surface area contributed by atoms with Gasteiger partial charge in [-0.05, 0) is 65.9 Å². The molecule has 3 aromatic carbocycles. The van der Waals surface area contributed by atoms with Crippen LogP contribution in [0.15, 0.2) is 72.8 Å². The van der Waals surface area contributed by atoms with Gasteiger partial charge in [-0.15, -0.1) is 0 Å². The van der Waals surface area contributed by atoms with Crippen LogP contribution >= 0.6 is 0 Å². The quantitative estimate of drug-likeness (QED) is 0.151. The molecule has 3 nitrogen and oxygen atoms in total. The van der Waals surface area contributed by atoms with Crippen molar-refractivity contribution in [2.24, 2.45) is 0 Å². The summed E-state index contributed by atoms with van der Waals surface area (Å²) in [5, 5.41) is 0. The molecule has 0 spiro atoms. The standard InChI is InChI=1S/C30H36O3/c1-3-5-6-7-8-9-23-32-28-21-17-26(18-22-28)25-13-15-27(16-14-25)30(31)33-29-19-11-24(10-4-2)12-20-29/h11-22H,3-10,23H2,1-2H3. The van der Waals surface area contributed by atoms with Crippen molar-refractivity contribution in [2.75, 3.05) is 6.61 Å². The lowest BCUT2D eigenvalue weighted by Crippen LogP contribution is -2.08. The van der Waals surface area contributed by atoms with Gasteiger partial charge in [0.2, 0.25) is 0 Å². The summed E-state index contributed by atoms with van der Waals surface area (Å²) < 4.78 is 11.4. The molecule has 0 saturated heterocycles. The number of carbonyl (C=O) groups excluding carboxylic acids is 1. The fraction of sp³-hybridized carbons (Fsp3) is 0.367. The van der Waals surface area contributed by atoms with Crippen molar-refractivity contribution in [2.45, 2.75) is 65.2 Å². The average Bonchev–Trinajstić information content (AvgIpc) is 2.85. The Labute approximate surface area is 198 Å². The largest absolute Gasteiger partial charge is 0.494 e. The number of hydrogen-bond donors (Lipinski definition) is 0. The molecule has 0 aliphatic heterocycles. The predicted octanol–water partition coefficient (Wildman–Crippen LogP) is 8.26. The summed E-state index contributed by atoms with van der Waals surface area (Å²) in [6, 6.07) is 23.4. The number of ether oxygens (including phenoxy) is 2. The minimum Gasteiger partial charge on any atom is -0.494 e. The van der Waals surface area contributed by atoms with Crippen molar-refractivity contribution in [1.82, 2.24) is 0 Å². The van der Waals surface area contributed by atoms with Crippen molar-refractivity contribution in [3.8, 4) is 22.6 Å². The first-order valence-electron chi connectivity index (χ1n) is 12.3. The molecule has 0 amide bonds. The minimum atomic E-state index is -0.344. The number of rotatable bonds is 13. The molecule has 0 N–H and O–H groups in total. The Morgan fingerprint density at radius 3 is 1.85 bits per heavy atom. The summed E-state index contributed by atoms with van der Waals surface area (Å²) in [4.78, 5) is 12.5. The van der Waals surface area contributed by atoms with Crippen molar-refractivity contribution in [3.05, 3.63) is 83.9 Å². The molecule has 0 bridgehead atoms. The van der Waals surface area contributed by atoms with Crippen LogP contribution < -0.4 is 9.47 Å². The van der Waals surface area contributed by atoms with Crippen LogP contribution in [0.3, 0.4) is 0 Å². The topological polar surface area (TPSA) is 35.5 Å². The van der Waals surface area contributed by atoms with Gasteiger partial charge < -0.3 is 9.47 Å². The van der Waals surface area contributed by atoms with E-state index in [4.69, 9.17) is 9.47 Å². The van der Waals surface area contributed by atoms with Gasteiger partial charge in [-0.3, -0.25) is 0 Å². The third-order valence-electron chi connectivity index (χ3n) is 5.75. The van der Waals surface area contributed by atoms with E-state index in [-0.39, 0.29) is 5.97 Å². The molecule has 0 atom stereocenters. The number of unbranched alkanes of at least 4 members (excludes halogenated alkanes) is 5. The van der Waals surface area contributed by atoms with Crippen LogP contribution in [-0.2, 0) is 6.42 Å². The summed E-state index contributed by atoms with van der Waals surface area (Å²) >= 11 is 0. The van der Waals surface area contributed by atoms with E-state index in [2.05, 4.69) is 26.0 Å². The highest BCUT2D eigenvalue weighted by Crippen LogP contribution is 2.24. The number of esters is 1. The van der Waals surface area contributed by atoms with Gasteiger partial charge in [-0.2, -0.15) is 0 Å². The van der Waals surface area contributed by atoms with Crippen molar-refractivity contribution >= 4 is 5.97 Å².